The fourth-order valence-corrected chi connectivity index (χ4v) is 3.40. The highest BCUT2D eigenvalue weighted by Gasteiger charge is 2.23. The molecule has 3 heterocycles. The van der Waals surface area contributed by atoms with Gasteiger partial charge in [-0.2, -0.15) is 0 Å². The minimum absolute atomic E-state index is 0.0907. The first-order valence-corrected chi connectivity index (χ1v) is 10.8. The van der Waals surface area contributed by atoms with Crippen LogP contribution in [0.15, 0.2) is 55.1 Å². The third-order valence-corrected chi connectivity index (χ3v) is 5.06. The van der Waals surface area contributed by atoms with E-state index in [2.05, 4.69) is 25.6 Å². The zero-order chi connectivity index (χ0) is 22.9. The number of hydrogen-bond donors (Lipinski definition) is 3. The van der Waals surface area contributed by atoms with Crippen molar-refractivity contribution >= 4 is 23.3 Å². The number of H-pyrrole nitrogens is 1. The minimum Gasteiger partial charge on any atom is -0.489 e. The van der Waals surface area contributed by atoms with Crippen LogP contribution in [0.2, 0.25) is 0 Å². The molecule has 1 aliphatic rings. The molecule has 0 bridgehead atoms. The van der Waals surface area contributed by atoms with E-state index in [1.165, 1.54) is 4.90 Å². The van der Waals surface area contributed by atoms with E-state index in [0.29, 0.717) is 49.0 Å². The van der Waals surface area contributed by atoms with E-state index in [0.717, 1.165) is 5.69 Å². The van der Waals surface area contributed by atoms with Crippen molar-refractivity contribution in [2.75, 3.05) is 44.8 Å². The van der Waals surface area contributed by atoms with Gasteiger partial charge in [0.25, 0.3) is 5.91 Å². The number of imidazole rings is 1. The van der Waals surface area contributed by atoms with Crippen molar-refractivity contribution in [1.82, 2.24) is 25.2 Å². The molecule has 3 N–H and O–H groups in total. The van der Waals surface area contributed by atoms with E-state index in [1.807, 2.05) is 24.3 Å². The van der Waals surface area contributed by atoms with Crippen molar-refractivity contribution in [1.29, 1.82) is 0 Å². The zero-order valence-corrected chi connectivity index (χ0v) is 18.1. The van der Waals surface area contributed by atoms with Crippen LogP contribution in [0.5, 0.6) is 5.75 Å². The molecule has 0 aliphatic carbocycles. The first-order chi connectivity index (χ1) is 16.2. The molecule has 2 amide bonds. The van der Waals surface area contributed by atoms with Gasteiger partial charge in [-0.05, 0) is 24.3 Å². The molecule has 0 spiro atoms. The Labute approximate surface area is 191 Å². The van der Waals surface area contributed by atoms with E-state index < -0.39 is 0 Å². The van der Waals surface area contributed by atoms with E-state index in [4.69, 9.17) is 9.47 Å². The number of ether oxygens (including phenoxy) is 2. The number of aromatic nitrogens is 3. The van der Waals surface area contributed by atoms with Crippen LogP contribution in [0, 0.1) is 0 Å². The Morgan fingerprint density at radius 1 is 1.15 bits per heavy atom. The third-order valence-electron chi connectivity index (χ3n) is 5.06. The van der Waals surface area contributed by atoms with E-state index in [9.17, 15) is 9.59 Å². The molecule has 2 aromatic heterocycles. The average Bonchev–Trinajstić information content (AvgIpc) is 3.34. The van der Waals surface area contributed by atoms with Crippen LogP contribution in [0.25, 0.3) is 0 Å². The number of hydrogen-bond acceptors (Lipinski definition) is 7. The molecule has 10 heteroatoms. The summed E-state index contributed by atoms with van der Waals surface area (Å²) < 4.78 is 11.5. The van der Waals surface area contributed by atoms with Gasteiger partial charge >= 0.3 is 0 Å². The molecule has 4 rings (SSSR count). The Morgan fingerprint density at radius 3 is 2.94 bits per heavy atom. The molecule has 3 aromatic rings. The van der Waals surface area contributed by atoms with Gasteiger partial charge in [0.1, 0.15) is 18.2 Å². The fraction of sp³-hybridized carbons (Fsp3) is 0.304. The molecule has 0 radical (unpaired) electrons. The van der Waals surface area contributed by atoms with Crippen LogP contribution < -0.4 is 15.4 Å². The number of aromatic amines is 1. The summed E-state index contributed by atoms with van der Waals surface area (Å²) in [6.07, 6.45) is 5.54. The van der Waals surface area contributed by atoms with Crippen molar-refractivity contribution in [3.63, 3.8) is 0 Å². The van der Waals surface area contributed by atoms with Gasteiger partial charge in [-0.1, -0.05) is 12.1 Å². The minimum atomic E-state index is -0.310. The number of nitrogens with zero attached hydrogens (tertiary/aromatic N) is 3. The van der Waals surface area contributed by atoms with Gasteiger partial charge in [0, 0.05) is 37.6 Å². The van der Waals surface area contributed by atoms with Gasteiger partial charge in [0.2, 0.25) is 5.91 Å². The number of benzene rings is 1. The summed E-state index contributed by atoms with van der Waals surface area (Å²) in [6.45, 7) is 1.60. The molecule has 0 fully saturated rings. The standard InChI is InChI=1S/C23H26N6O4/c30-21(25-9-7-17-14-24-16-27-17)15-29-10-11-32-12-13-33-20-6-2-1-5-19(20)28-22-18(23(29)31)4-3-8-26-22/h1-6,8,14,16H,7,9-13,15H2,(H,24,27)(H,25,30)(H,26,28). The Bertz CT molecular complexity index is 1070. The van der Waals surface area contributed by atoms with Crippen LogP contribution >= 0.6 is 0 Å². The number of rotatable bonds is 5. The van der Waals surface area contributed by atoms with Gasteiger partial charge in [-0.25, -0.2) is 9.97 Å². The summed E-state index contributed by atoms with van der Waals surface area (Å²) in [5, 5.41) is 6.05. The summed E-state index contributed by atoms with van der Waals surface area (Å²) in [6, 6.07) is 10.8. The van der Waals surface area contributed by atoms with Crippen molar-refractivity contribution in [3.05, 3.63) is 66.4 Å². The van der Waals surface area contributed by atoms with Gasteiger partial charge in [-0.3, -0.25) is 9.59 Å². The van der Waals surface area contributed by atoms with Crippen LogP contribution in [-0.2, 0) is 16.0 Å². The molecule has 172 valence electrons. The maximum atomic E-state index is 13.4. The second-order valence-corrected chi connectivity index (χ2v) is 7.39. The number of anilines is 2. The third kappa shape index (κ3) is 6.07. The molecular weight excluding hydrogens is 424 g/mol. The second-order valence-electron chi connectivity index (χ2n) is 7.39. The quantitative estimate of drug-likeness (QED) is 0.541. The maximum Gasteiger partial charge on any atom is 0.258 e. The first-order valence-electron chi connectivity index (χ1n) is 10.8. The molecule has 1 aliphatic heterocycles. The molecule has 33 heavy (non-hydrogen) atoms. The Hall–Kier alpha value is -3.92. The predicted octanol–water partition coefficient (Wildman–Crippen LogP) is 1.76. The highest BCUT2D eigenvalue weighted by molar-refractivity contribution is 6.01. The number of nitrogens with one attached hydrogen (secondary N) is 3. The largest absolute Gasteiger partial charge is 0.489 e. The van der Waals surface area contributed by atoms with Gasteiger partial charge in [0.05, 0.1) is 37.3 Å². The Kier molecular flexibility index (Phi) is 7.49. The van der Waals surface area contributed by atoms with Crippen molar-refractivity contribution in [2.24, 2.45) is 0 Å². The molecule has 1 aromatic carbocycles. The van der Waals surface area contributed by atoms with Crippen LogP contribution in [-0.4, -0.2) is 71.1 Å². The van der Waals surface area contributed by atoms with Crippen molar-refractivity contribution < 1.29 is 19.1 Å². The van der Waals surface area contributed by atoms with Crippen LogP contribution in [0.4, 0.5) is 11.5 Å². The summed E-state index contributed by atoms with van der Waals surface area (Å²) in [7, 11) is 0. The van der Waals surface area contributed by atoms with Crippen LogP contribution in [0.3, 0.4) is 0 Å². The highest BCUT2D eigenvalue weighted by Crippen LogP contribution is 2.28. The Balaban J connectivity index is 1.50. The Morgan fingerprint density at radius 2 is 2.06 bits per heavy atom. The zero-order valence-electron chi connectivity index (χ0n) is 18.1. The SMILES string of the molecule is O=C(CN1CCOCCOc2ccccc2Nc2ncccc2C1=O)NCCc1cnc[nH]1. The van der Waals surface area contributed by atoms with E-state index in [1.54, 1.807) is 30.9 Å². The molecular formula is C23H26N6O4. The summed E-state index contributed by atoms with van der Waals surface area (Å²) >= 11 is 0. The lowest BCUT2D eigenvalue weighted by molar-refractivity contribution is -0.121. The maximum absolute atomic E-state index is 13.4. The molecule has 0 atom stereocenters. The van der Waals surface area contributed by atoms with Gasteiger partial charge < -0.3 is 30.0 Å². The van der Waals surface area contributed by atoms with Crippen molar-refractivity contribution in [3.8, 4) is 5.75 Å². The average molecular weight is 450 g/mol. The number of para-hydroxylation sites is 2. The summed E-state index contributed by atoms with van der Waals surface area (Å²) in [4.78, 5) is 38.8. The summed E-state index contributed by atoms with van der Waals surface area (Å²) in [5.74, 6) is 0.469. The number of carbonyl (C=O) groups excluding carboxylic acids is 2. The van der Waals surface area contributed by atoms with Crippen LogP contribution in [0.1, 0.15) is 16.1 Å². The molecule has 0 saturated carbocycles. The highest BCUT2D eigenvalue weighted by atomic mass is 16.5. The van der Waals surface area contributed by atoms with E-state index >= 15 is 0 Å². The number of amides is 2. The van der Waals surface area contributed by atoms with Gasteiger partial charge in [0.15, 0.2) is 0 Å². The molecule has 0 saturated heterocycles. The number of fused-ring (bicyclic) bond motifs is 2. The topological polar surface area (TPSA) is 121 Å². The monoisotopic (exact) mass is 450 g/mol. The smallest absolute Gasteiger partial charge is 0.258 e. The normalized spacial score (nSPS) is 14.4. The number of carbonyl (C=O) groups is 2. The van der Waals surface area contributed by atoms with Gasteiger partial charge in [-0.15, -0.1) is 0 Å². The van der Waals surface area contributed by atoms with Crippen molar-refractivity contribution in [2.45, 2.75) is 6.42 Å². The lowest BCUT2D eigenvalue weighted by Crippen LogP contribution is -2.43. The fourth-order valence-electron chi connectivity index (χ4n) is 3.40. The lowest BCUT2D eigenvalue weighted by Gasteiger charge is -2.23. The lowest BCUT2D eigenvalue weighted by atomic mass is 10.2. The molecule has 10 nitrogen and oxygen atoms in total. The number of pyridine rings is 1. The molecule has 0 unspecified atom stereocenters. The predicted molar refractivity (Wildman–Crippen MR) is 121 cm³/mol. The van der Waals surface area contributed by atoms with E-state index in [-0.39, 0.29) is 31.5 Å². The summed E-state index contributed by atoms with van der Waals surface area (Å²) in [5.41, 5.74) is 1.97. The first kappa shape index (κ1) is 22.3. The second kappa shape index (κ2) is 11.1.